The molecule has 0 heterocycles. The molecule has 4 rings (SSSR count). The predicted octanol–water partition coefficient (Wildman–Crippen LogP) is 8.63. The van der Waals surface area contributed by atoms with E-state index < -0.39 is 0 Å². The Bertz CT molecular complexity index is 1400. The fourth-order valence-electron chi connectivity index (χ4n) is 5.55. The fourth-order valence-corrected chi connectivity index (χ4v) is 7.49. The molecule has 0 aliphatic rings. The lowest BCUT2D eigenvalue weighted by Gasteiger charge is -2.36. The van der Waals surface area contributed by atoms with Crippen molar-refractivity contribution in [1.29, 1.82) is 0 Å². The number of carbonyl (C=O) groups excluding carboxylic acids is 1. The SMILES string of the molecule is CCCC(CC)(Pc1ccc(F)cc1C(C)=O)c1cc(Cc2ccccc2)cc(Cc2ccccc2)c1OC. The molecule has 0 aliphatic carbocycles. The normalized spacial score (nSPS) is 12.9. The molecule has 0 N–H and O–H groups in total. The van der Waals surface area contributed by atoms with Gasteiger partial charge < -0.3 is 4.74 Å². The molecule has 0 bridgehead atoms. The summed E-state index contributed by atoms with van der Waals surface area (Å²) in [5, 5.41) is 0.666. The Morgan fingerprint density at radius 2 is 1.49 bits per heavy atom. The third-order valence-electron chi connectivity index (χ3n) is 7.45. The lowest BCUT2D eigenvalue weighted by molar-refractivity contribution is 0.101. The highest BCUT2D eigenvalue weighted by Gasteiger charge is 2.35. The second-order valence-electron chi connectivity index (χ2n) is 10.2. The standard InChI is InChI=1S/C35H38FO2P/c1-5-19-35(6-2,39-33-18-17-30(36)24-31(33)25(3)37)32-23-28(20-26-13-9-7-10-14-26)22-29(34(32)38-4)21-27-15-11-8-12-16-27/h7-18,22-24,39H,5-6,19-21H2,1-4H3. The van der Waals surface area contributed by atoms with E-state index in [0.717, 1.165) is 48.7 Å². The van der Waals surface area contributed by atoms with Gasteiger partial charge in [0.25, 0.3) is 0 Å². The van der Waals surface area contributed by atoms with Crippen LogP contribution in [0.25, 0.3) is 0 Å². The van der Waals surface area contributed by atoms with E-state index in [-0.39, 0.29) is 16.8 Å². The molecular formula is C35H38FO2P. The van der Waals surface area contributed by atoms with E-state index in [1.807, 2.05) is 12.1 Å². The Labute approximate surface area is 234 Å². The molecule has 0 aliphatic heterocycles. The van der Waals surface area contributed by atoms with Crippen LogP contribution in [0.4, 0.5) is 4.39 Å². The highest BCUT2D eigenvalue weighted by Crippen LogP contribution is 2.52. The maximum absolute atomic E-state index is 14.2. The molecule has 4 aromatic carbocycles. The summed E-state index contributed by atoms with van der Waals surface area (Å²) < 4.78 is 20.4. The summed E-state index contributed by atoms with van der Waals surface area (Å²) in [6.45, 7) is 5.95. The van der Waals surface area contributed by atoms with E-state index in [1.54, 1.807) is 13.2 Å². The number of Topliss-reactive ketones (excluding diaryl/α,β-unsaturated/α-hetero) is 1. The largest absolute Gasteiger partial charge is 0.496 e. The number of hydrogen-bond acceptors (Lipinski definition) is 2. The molecule has 4 heteroatoms. The minimum atomic E-state index is -0.376. The topological polar surface area (TPSA) is 26.3 Å². The Balaban J connectivity index is 1.91. The van der Waals surface area contributed by atoms with Crippen LogP contribution in [0.1, 0.15) is 78.2 Å². The van der Waals surface area contributed by atoms with Crippen LogP contribution in [0.15, 0.2) is 91.0 Å². The van der Waals surface area contributed by atoms with Crippen molar-refractivity contribution in [3.8, 4) is 5.75 Å². The van der Waals surface area contributed by atoms with E-state index in [4.69, 9.17) is 4.74 Å². The number of hydrogen-bond donors (Lipinski definition) is 0. The highest BCUT2D eigenvalue weighted by molar-refractivity contribution is 7.48. The Morgan fingerprint density at radius 1 is 0.846 bits per heavy atom. The molecule has 2 nitrogen and oxygen atoms in total. The Hall–Kier alpha value is -3.29. The van der Waals surface area contributed by atoms with Gasteiger partial charge in [0.15, 0.2) is 5.78 Å². The summed E-state index contributed by atoms with van der Waals surface area (Å²) in [4.78, 5) is 12.5. The number of rotatable bonds is 12. The number of carbonyl (C=O) groups is 1. The summed E-state index contributed by atoms with van der Waals surface area (Å²) in [7, 11) is 2.06. The number of benzene rings is 4. The number of ether oxygens (including phenoxy) is 1. The molecule has 4 aromatic rings. The molecule has 0 fully saturated rings. The van der Waals surface area contributed by atoms with Crippen LogP contribution in [-0.2, 0) is 18.0 Å². The van der Waals surface area contributed by atoms with Gasteiger partial charge in [-0.1, -0.05) is 108 Å². The molecule has 0 saturated carbocycles. The molecule has 2 unspecified atom stereocenters. The maximum atomic E-state index is 14.2. The second kappa shape index (κ2) is 13.2. The first-order valence-electron chi connectivity index (χ1n) is 13.8. The van der Waals surface area contributed by atoms with Gasteiger partial charge in [-0.25, -0.2) is 4.39 Å². The smallest absolute Gasteiger partial charge is 0.160 e. The molecular weight excluding hydrogens is 502 g/mol. The van der Waals surface area contributed by atoms with Gasteiger partial charge in [-0.05, 0) is 65.9 Å². The van der Waals surface area contributed by atoms with Crippen LogP contribution in [-0.4, -0.2) is 12.9 Å². The molecule has 2 atom stereocenters. The lowest BCUT2D eigenvalue weighted by Crippen LogP contribution is -2.26. The quantitative estimate of drug-likeness (QED) is 0.133. The van der Waals surface area contributed by atoms with Crippen molar-refractivity contribution in [2.75, 3.05) is 7.11 Å². The monoisotopic (exact) mass is 540 g/mol. The van der Waals surface area contributed by atoms with E-state index in [1.165, 1.54) is 41.3 Å². The van der Waals surface area contributed by atoms with Crippen LogP contribution < -0.4 is 10.0 Å². The molecule has 202 valence electrons. The Morgan fingerprint density at radius 3 is 2.05 bits per heavy atom. The van der Waals surface area contributed by atoms with Crippen molar-refractivity contribution in [1.82, 2.24) is 0 Å². The van der Waals surface area contributed by atoms with E-state index >= 15 is 0 Å². The third-order valence-corrected chi connectivity index (χ3v) is 9.51. The molecule has 0 spiro atoms. The van der Waals surface area contributed by atoms with E-state index in [0.29, 0.717) is 14.1 Å². The molecule has 0 radical (unpaired) electrons. The first kappa shape index (κ1) is 28.7. The first-order chi connectivity index (χ1) is 18.9. The summed E-state index contributed by atoms with van der Waals surface area (Å²) in [5.74, 6) is 0.442. The average Bonchev–Trinajstić information content (AvgIpc) is 2.94. The maximum Gasteiger partial charge on any atom is 0.160 e. The molecule has 39 heavy (non-hydrogen) atoms. The molecule has 0 aromatic heterocycles. The van der Waals surface area contributed by atoms with Gasteiger partial charge in [0.1, 0.15) is 11.6 Å². The minimum absolute atomic E-state index is 0.104. The second-order valence-corrected chi connectivity index (χ2v) is 12.0. The lowest BCUT2D eigenvalue weighted by atomic mass is 9.85. The zero-order valence-electron chi connectivity index (χ0n) is 23.4. The minimum Gasteiger partial charge on any atom is -0.496 e. The van der Waals surface area contributed by atoms with Crippen LogP contribution in [0.3, 0.4) is 0 Å². The van der Waals surface area contributed by atoms with Gasteiger partial charge in [-0.3, -0.25) is 4.79 Å². The number of ketones is 1. The van der Waals surface area contributed by atoms with Crippen molar-refractivity contribution in [2.45, 2.75) is 58.0 Å². The van der Waals surface area contributed by atoms with Gasteiger partial charge >= 0.3 is 0 Å². The van der Waals surface area contributed by atoms with E-state index in [9.17, 15) is 9.18 Å². The molecule has 0 amide bonds. The summed E-state index contributed by atoms with van der Waals surface area (Å²) in [5.41, 5.74) is 6.56. The first-order valence-corrected chi connectivity index (χ1v) is 14.8. The summed E-state index contributed by atoms with van der Waals surface area (Å²) in [6, 6.07) is 30.3. The van der Waals surface area contributed by atoms with Gasteiger partial charge in [0.2, 0.25) is 0 Å². The zero-order valence-corrected chi connectivity index (χ0v) is 24.4. The van der Waals surface area contributed by atoms with Crippen molar-refractivity contribution in [3.63, 3.8) is 0 Å². The van der Waals surface area contributed by atoms with Crippen molar-refractivity contribution >= 4 is 19.7 Å². The number of halogens is 1. The van der Waals surface area contributed by atoms with Crippen molar-refractivity contribution < 1.29 is 13.9 Å². The number of methoxy groups -OCH3 is 1. The average molecular weight is 541 g/mol. The molecule has 0 saturated heterocycles. The van der Waals surface area contributed by atoms with Crippen molar-refractivity contribution in [2.24, 2.45) is 0 Å². The van der Waals surface area contributed by atoms with Gasteiger partial charge in [0.05, 0.1) is 7.11 Å². The summed E-state index contributed by atoms with van der Waals surface area (Å²) >= 11 is 0. The van der Waals surface area contributed by atoms with Crippen LogP contribution in [0.2, 0.25) is 0 Å². The van der Waals surface area contributed by atoms with Crippen LogP contribution >= 0.6 is 8.58 Å². The van der Waals surface area contributed by atoms with Gasteiger partial charge in [0, 0.05) is 22.7 Å². The fraction of sp³-hybridized carbons (Fsp3) is 0.286. The van der Waals surface area contributed by atoms with Crippen molar-refractivity contribution in [3.05, 3.63) is 130 Å². The third kappa shape index (κ3) is 6.84. The predicted molar refractivity (Wildman–Crippen MR) is 163 cm³/mol. The van der Waals surface area contributed by atoms with E-state index in [2.05, 4.69) is 74.5 Å². The van der Waals surface area contributed by atoms with Crippen LogP contribution in [0.5, 0.6) is 5.75 Å². The highest BCUT2D eigenvalue weighted by atomic mass is 31.1. The Kier molecular flexibility index (Phi) is 9.70. The van der Waals surface area contributed by atoms with Gasteiger partial charge in [-0.2, -0.15) is 0 Å². The summed E-state index contributed by atoms with van der Waals surface area (Å²) in [6.07, 6.45) is 4.39. The zero-order chi connectivity index (χ0) is 27.8. The van der Waals surface area contributed by atoms with Crippen LogP contribution in [0, 0.1) is 5.82 Å². The van der Waals surface area contributed by atoms with Gasteiger partial charge in [-0.15, -0.1) is 0 Å².